The van der Waals surface area contributed by atoms with Gasteiger partial charge in [0, 0.05) is 0 Å². The van der Waals surface area contributed by atoms with E-state index in [1.807, 2.05) is 0 Å². The molecule has 1 aliphatic rings. The molecule has 3 rings (SSSR count). The highest BCUT2D eigenvalue weighted by Crippen LogP contribution is 2.32. The zero-order valence-electron chi connectivity index (χ0n) is 16.5. The van der Waals surface area contributed by atoms with Crippen LogP contribution in [0.15, 0.2) is 41.3 Å². The first kappa shape index (κ1) is 21.3. The molecule has 0 aliphatic carbocycles. The molecule has 2 aromatic rings. The van der Waals surface area contributed by atoms with Crippen LogP contribution < -0.4 is 24.3 Å². The molecule has 30 heavy (non-hydrogen) atoms. The summed E-state index contributed by atoms with van der Waals surface area (Å²) in [6.07, 6.45) is 1.58. The number of imide groups is 1. The number of hydrogen-bond acceptors (Lipinski definition) is 8. The maximum atomic E-state index is 12.4. The minimum absolute atomic E-state index is 0.0221. The highest BCUT2D eigenvalue weighted by molar-refractivity contribution is 8.18. The second kappa shape index (κ2) is 9.36. The van der Waals surface area contributed by atoms with Crippen molar-refractivity contribution in [2.45, 2.75) is 6.42 Å². The Balaban J connectivity index is 1.73. The molecular formula is C21H19NO7S. The van der Waals surface area contributed by atoms with Gasteiger partial charge in [-0.3, -0.25) is 19.7 Å². The average Bonchev–Trinajstić information content (AvgIpc) is 3.05. The first-order valence-corrected chi connectivity index (χ1v) is 9.59. The average molecular weight is 429 g/mol. The third kappa shape index (κ3) is 4.93. The molecule has 1 aliphatic heterocycles. The quantitative estimate of drug-likeness (QED) is 0.407. The van der Waals surface area contributed by atoms with Crippen molar-refractivity contribution in [1.82, 2.24) is 5.32 Å². The maximum Gasteiger partial charge on any atom is 0.315 e. The van der Waals surface area contributed by atoms with Gasteiger partial charge in [0.25, 0.3) is 11.1 Å². The molecule has 1 N–H and O–H groups in total. The Morgan fingerprint density at radius 2 is 1.60 bits per heavy atom. The summed E-state index contributed by atoms with van der Waals surface area (Å²) in [5.74, 6) is 0.712. The predicted octanol–water partition coefficient (Wildman–Crippen LogP) is 3.18. The lowest BCUT2D eigenvalue weighted by Crippen LogP contribution is -2.17. The number of amides is 2. The first-order chi connectivity index (χ1) is 14.4. The van der Waals surface area contributed by atoms with Crippen LogP contribution in [0.2, 0.25) is 0 Å². The first-order valence-electron chi connectivity index (χ1n) is 8.78. The van der Waals surface area contributed by atoms with Gasteiger partial charge in [0.15, 0.2) is 23.0 Å². The van der Waals surface area contributed by atoms with Crippen LogP contribution in [0.25, 0.3) is 6.08 Å². The van der Waals surface area contributed by atoms with Crippen molar-refractivity contribution in [3.8, 4) is 23.0 Å². The predicted molar refractivity (Wildman–Crippen MR) is 111 cm³/mol. The molecule has 1 fully saturated rings. The van der Waals surface area contributed by atoms with Crippen molar-refractivity contribution in [3.63, 3.8) is 0 Å². The molecule has 0 bridgehead atoms. The summed E-state index contributed by atoms with van der Waals surface area (Å²) in [5.41, 5.74) is 1.32. The molecule has 0 radical (unpaired) electrons. The number of methoxy groups -OCH3 is 3. The number of rotatable bonds is 7. The van der Waals surface area contributed by atoms with Gasteiger partial charge >= 0.3 is 5.97 Å². The fourth-order valence-electron chi connectivity index (χ4n) is 2.75. The van der Waals surface area contributed by atoms with Gasteiger partial charge in [-0.15, -0.1) is 0 Å². The number of ether oxygens (including phenoxy) is 4. The smallest absolute Gasteiger partial charge is 0.315 e. The van der Waals surface area contributed by atoms with Gasteiger partial charge in [0.05, 0.1) is 32.7 Å². The number of thioether (sulfide) groups is 1. The van der Waals surface area contributed by atoms with E-state index in [2.05, 4.69) is 5.32 Å². The molecule has 0 aromatic heterocycles. The van der Waals surface area contributed by atoms with E-state index in [-0.39, 0.29) is 17.1 Å². The van der Waals surface area contributed by atoms with Crippen LogP contribution in [0, 0.1) is 0 Å². The molecule has 2 amide bonds. The maximum absolute atomic E-state index is 12.4. The number of carbonyl (C=O) groups is 3. The highest BCUT2D eigenvalue weighted by Gasteiger charge is 2.25. The monoisotopic (exact) mass is 429 g/mol. The van der Waals surface area contributed by atoms with E-state index in [1.165, 1.54) is 21.3 Å². The van der Waals surface area contributed by atoms with Crippen LogP contribution in [0.1, 0.15) is 11.1 Å². The lowest BCUT2D eigenvalue weighted by molar-refractivity contribution is -0.133. The van der Waals surface area contributed by atoms with Crippen molar-refractivity contribution in [2.75, 3.05) is 21.3 Å². The van der Waals surface area contributed by atoms with Crippen LogP contribution in [0.3, 0.4) is 0 Å². The summed E-state index contributed by atoms with van der Waals surface area (Å²) >= 11 is 0.820. The molecule has 0 spiro atoms. The third-order valence-corrected chi connectivity index (χ3v) is 4.96. The van der Waals surface area contributed by atoms with Gasteiger partial charge in [-0.2, -0.15) is 0 Å². The lowest BCUT2D eigenvalue weighted by Gasteiger charge is -2.11. The Morgan fingerprint density at radius 3 is 2.23 bits per heavy atom. The van der Waals surface area contributed by atoms with E-state index in [9.17, 15) is 14.4 Å². The van der Waals surface area contributed by atoms with Crippen molar-refractivity contribution >= 4 is 35.0 Å². The van der Waals surface area contributed by atoms with Crippen LogP contribution >= 0.6 is 11.8 Å². The zero-order chi connectivity index (χ0) is 21.7. The number of hydrogen-bond donors (Lipinski definition) is 1. The molecule has 2 aromatic carbocycles. The fraction of sp³-hybridized carbons (Fsp3) is 0.190. The van der Waals surface area contributed by atoms with E-state index in [0.717, 1.165) is 11.8 Å². The Hall–Kier alpha value is -3.46. The molecule has 9 heteroatoms. The van der Waals surface area contributed by atoms with Crippen molar-refractivity contribution in [2.24, 2.45) is 0 Å². The summed E-state index contributed by atoms with van der Waals surface area (Å²) in [4.78, 5) is 35.6. The highest BCUT2D eigenvalue weighted by atomic mass is 32.2. The Labute approximate surface area is 177 Å². The number of nitrogens with one attached hydrogen (secondary N) is 1. The van der Waals surface area contributed by atoms with Gasteiger partial charge < -0.3 is 18.9 Å². The van der Waals surface area contributed by atoms with Crippen LogP contribution in [0.5, 0.6) is 23.0 Å². The molecule has 0 saturated carbocycles. The molecule has 156 valence electrons. The molecule has 0 atom stereocenters. The Bertz CT molecular complexity index is 1030. The summed E-state index contributed by atoms with van der Waals surface area (Å²) in [6.45, 7) is 0. The van der Waals surface area contributed by atoms with Gasteiger partial charge in [-0.1, -0.05) is 12.1 Å². The molecule has 1 saturated heterocycles. The van der Waals surface area contributed by atoms with E-state index < -0.39 is 17.1 Å². The lowest BCUT2D eigenvalue weighted by atomic mass is 10.1. The van der Waals surface area contributed by atoms with E-state index in [4.69, 9.17) is 18.9 Å². The SMILES string of the molecule is COc1ccc(CC(=O)Oc2ccc(C=C3SC(=O)NC3=O)cc2OC)cc1OC. The van der Waals surface area contributed by atoms with Crippen LogP contribution in [0.4, 0.5) is 4.79 Å². The standard InChI is InChI=1S/C21H19NO7S/c1-26-14-6-4-13(9-16(14)27-2)11-19(23)29-15-7-5-12(8-17(15)28-3)10-18-20(24)22-21(25)30-18/h4-10H,11H2,1-3H3,(H,22,24,25). The Kier molecular flexibility index (Phi) is 6.63. The van der Waals surface area contributed by atoms with Gasteiger partial charge in [-0.25, -0.2) is 0 Å². The van der Waals surface area contributed by atoms with Crippen LogP contribution in [-0.4, -0.2) is 38.4 Å². The summed E-state index contributed by atoms with van der Waals surface area (Å²) in [6, 6.07) is 10.0. The molecule has 1 heterocycles. The Morgan fingerprint density at radius 1 is 0.933 bits per heavy atom. The third-order valence-electron chi connectivity index (χ3n) is 4.15. The van der Waals surface area contributed by atoms with Crippen molar-refractivity contribution < 1.29 is 33.3 Å². The number of benzene rings is 2. The van der Waals surface area contributed by atoms with Gasteiger partial charge in [0.2, 0.25) is 0 Å². The normalized spacial score (nSPS) is 14.4. The molecular weight excluding hydrogens is 410 g/mol. The van der Waals surface area contributed by atoms with E-state index in [1.54, 1.807) is 42.5 Å². The largest absolute Gasteiger partial charge is 0.493 e. The molecule has 8 nitrogen and oxygen atoms in total. The van der Waals surface area contributed by atoms with Gasteiger partial charge in [0.1, 0.15) is 0 Å². The van der Waals surface area contributed by atoms with Crippen molar-refractivity contribution in [3.05, 3.63) is 52.4 Å². The minimum Gasteiger partial charge on any atom is -0.493 e. The second-order valence-electron chi connectivity index (χ2n) is 6.10. The summed E-state index contributed by atoms with van der Waals surface area (Å²) < 4.78 is 21.2. The summed E-state index contributed by atoms with van der Waals surface area (Å²) in [7, 11) is 4.50. The van der Waals surface area contributed by atoms with E-state index >= 15 is 0 Å². The minimum atomic E-state index is -0.483. The topological polar surface area (TPSA) is 100 Å². The summed E-state index contributed by atoms with van der Waals surface area (Å²) in [5, 5.41) is 1.77. The number of carbonyl (C=O) groups excluding carboxylic acids is 3. The zero-order valence-corrected chi connectivity index (χ0v) is 17.3. The second-order valence-corrected chi connectivity index (χ2v) is 7.12. The number of esters is 1. The van der Waals surface area contributed by atoms with Gasteiger partial charge in [-0.05, 0) is 53.2 Å². The van der Waals surface area contributed by atoms with Crippen molar-refractivity contribution in [1.29, 1.82) is 0 Å². The molecule has 0 unspecified atom stereocenters. The van der Waals surface area contributed by atoms with Crippen LogP contribution in [-0.2, 0) is 16.0 Å². The fourth-order valence-corrected chi connectivity index (χ4v) is 3.43. The van der Waals surface area contributed by atoms with E-state index in [0.29, 0.717) is 28.4 Å².